The molecule has 0 aliphatic carbocycles. The van der Waals surface area contributed by atoms with Gasteiger partial charge in [0.1, 0.15) is 6.23 Å². The Balaban J connectivity index is 1.53. The van der Waals surface area contributed by atoms with Crippen molar-refractivity contribution in [1.29, 1.82) is 0 Å². The van der Waals surface area contributed by atoms with Crippen LogP contribution in [-0.2, 0) is 11.2 Å². The molecule has 1 saturated heterocycles. The molecule has 0 spiro atoms. The third-order valence-corrected chi connectivity index (χ3v) is 4.94. The monoisotopic (exact) mass is 307 g/mol. The summed E-state index contributed by atoms with van der Waals surface area (Å²) in [7, 11) is 0. The molecule has 2 heterocycles. The van der Waals surface area contributed by atoms with Crippen LogP contribution in [0.1, 0.15) is 39.7 Å². The largest absolute Gasteiger partial charge is 0.357 e. The van der Waals surface area contributed by atoms with Gasteiger partial charge in [0, 0.05) is 24.6 Å². The molecule has 23 heavy (non-hydrogen) atoms. The molecule has 2 aromatic rings. The molecule has 0 bridgehead atoms. The minimum atomic E-state index is 0.0206. The summed E-state index contributed by atoms with van der Waals surface area (Å²) in [5.41, 5.74) is 4.72. The molecular weight excluding hydrogens is 286 g/mol. The minimum Gasteiger partial charge on any atom is -0.357 e. The Labute approximate surface area is 136 Å². The maximum atomic E-state index is 12.5. The Morgan fingerprint density at radius 3 is 2.87 bits per heavy atom. The van der Waals surface area contributed by atoms with Crippen LogP contribution >= 0.6 is 0 Å². The molecule has 4 rings (SSSR count). The van der Waals surface area contributed by atoms with Crippen LogP contribution in [0.2, 0.25) is 0 Å². The Bertz CT molecular complexity index is 726. The van der Waals surface area contributed by atoms with E-state index in [0.717, 1.165) is 18.5 Å². The molecule has 2 atom stereocenters. The lowest BCUT2D eigenvalue weighted by molar-refractivity contribution is 0.0215. The Morgan fingerprint density at radius 2 is 2.04 bits per heavy atom. The van der Waals surface area contributed by atoms with E-state index < -0.39 is 0 Å². The normalized spacial score (nSPS) is 23.3. The van der Waals surface area contributed by atoms with Gasteiger partial charge in [0.25, 0.3) is 0 Å². The van der Waals surface area contributed by atoms with Gasteiger partial charge in [0.05, 0.1) is 6.61 Å². The topological polar surface area (TPSA) is 29.5 Å². The number of ketones is 1. The fourth-order valence-corrected chi connectivity index (χ4v) is 3.71. The molecule has 2 aliphatic heterocycles. The summed E-state index contributed by atoms with van der Waals surface area (Å²) < 4.78 is 6.06. The van der Waals surface area contributed by atoms with Crippen molar-refractivity contribution in [3.05, 3.63) is 70.8 Å². The van der Waals surface area contributed by atoms with E-state index in [-0.39, 0.29) is 18.1 Å². The molecule has 0 saturated carbocycles. The fourth-order valence-electron chi connectivity index (χ4n) is 3.71. The van der Waals surface area contributed by atoms with Crippen LogP contribution in [0.5, 0.6) is 0 Å². The molecule has 118 valence electrons. The first-order valence-corrected chi connectivity index (χ1v) is 8.27. The van der Waals surface area contributed by atoms with Gasteiger partial charge in [-0.15, -0.1) is 0 Å². The standard InChI is InChI=1S/C20H21NO2/c1-14-7-8-15-9-10-21-17(13-23-20(21)18(15)11-14)12-19(22)16-5-3-2-4-6-16/h2-8,11,17,20H,9-10,12-13H2,1H3. The quantitative estimate of drug-likeness (QED) is 0.813. The van der Waals surface area contributed by atoms with Crippen LogP contribution in [0, 0.1) is 6.92 Å². The van der Waals surface area contributed by atoms with E-state index in [1.807, 2.05) is 30.3 Å². The van der Waals surface area contributed by atoms with Gasteiger partial charge in [-0.1, -0.05) is 54.1 Å². The molecule has 3 nitrogen and oxygen atoms in total. The van der Waals surface area contributed by atoms with Crippen molar-refractivity contribution in [2.45, 2.75) is 32.0 Å². The fraction of sp³-hybridized carbons (Fsp3) is 0.350. The van der Waals surface area contributed by atoms with Gasteiger partial charge in [-0.05, 0) is 24.5 Å². The highest BCUT2D eigenvalue weighted by Gasteiger charge is 2.39. The summed E-state index contributed by atoms with van der Waals surface area (Å²) in [6.45, 7) is 3.72. The highest BCUT2D eigenvalue weighted by Crippen LogP contribution is 2.38. The number of fused-ring (bicyclic) bond motifs is 3. The zero-order valence-electron chi connectivity index (χ0n) is 13.4. The van der Waals surface area contributed by atoms with Gasteiger partial charge < -0.3 is 4.74 Å². The van der Waals surface area contributed by atoms with Crippen LogP contribution in [0.4, 0.5) is 0 Å². The summed E-state index contributed by atoms with van der Waals surface area (Å²) in [5, 5.41) is 0. The van der Waals surface area contributed by atoms with E-state index in [1.165, 1.54) is 16.7 Å². The molecule has 0 aromatic heterocycles. The molecule has 2 aromatic carbocycles. The van der Waals surface area contributed by atoms with Crippen LogP contribution in [0.25, 0.3) is 0 Å². The van der Waals surface area contributed by atoms with Crippen molar-refractivity contribution < 1.29 is 9.53 Å². The maximum Gasteiger partial charge on any atom is 0.164 e. The van der Waals surface area contributed by atoms with Crippen LogP contribution in [0.3, 0.4) is 0 Å². The molecule has 1 fully saturated rings. The average molecular weight is 307 g/mol. The number of carbonyl (C=O) groups excluding carboxylic acids is 1. The van der Waals surface area contributed by atoms with Gasteiger partial charge in [0.15, 0.2) is 5.78 Å². The van der Waals surface area contributed by atoms with Crippen molar-refractivity contribution in [1.82, 2.24) is 4.90 Å². The second-order valence-electron chi connectivity index (χ2n) is 6.52. The van der Waals surface area contributed by atoms with Crippen molar-refractivity contribution in [2.75, 3.05) is 13.2 Å². The van der Waals surface area contributed by atoms with Gasteiger partial charge >= 0.3 is 0 Å². The van der Waals surface area contributed by atoms with E-state index in [1.54, 1.807) is 0 Å². The van der Waals surface area contributed by atoms with Crippen molar-refractivity contribution >= 4 is 5.78 Å². The van der Waals surface area contributed by atoms with Gasteiger partial charge in [0.2, 0.25) is 0 Å². The van der Waals surface area contributed by atoms with Crippen LogP contribution in [-0.4, -0.2) is 29.9 Å². The van der Waals surface area contributed by atoms with E-state index in [0.29, 0.717) is 13.0 Å². The summed E-state index contributed by atoms with van der Waals surface area (Å²) in [5.74, 6) is 0.204. The molecule has 3 heteroatoms. The van der Waals surface area contributed by atoms with E-state index >= 15 is 0 Å². The van der Waals surface area contributed by atoms with Crippen molar-refractivity contribution in [3.8, 4) is 0 Å². The minimum absolute atomic E-state index is 0.0206. The number of hydrogen-bond donors (Lipinski definition) is 0. The summed E-state index contributed by atoms with van der Waals surface area (Å²) in [6, 6.07) is 16.4. The number of nitrogens with zero attached hydrogens (tertiary/aromatic N) is 1. The van der Waals surface area contributed by atoms with Crippen LogP contribution in [0.15, 0.2) is 48.5 Å². The van der Waals surface area contributed by atoms with Gasteiger partial charge in [-0.3, -0.25) is 9.69 Å². The van der Waals surface area contributed by atoms with Gasteiger partial charge in [-0.25, -0.2) is 0 Å². The van der Waals surface area contributed by atoms with Crippen molar-refractivity contribution in [2.24, 2.45) is 0 Å². The lowest BCUT2D eigenvalue weighted by Crippen LogP contribution is -2.39. The molecule has 0 N–H and O–H groups in total. The maximum absolute atomic E-state index is 12.5. The number of ether oxygens (including phenoxy) is 1. The third kappa shape index (κ3) is 2.71. The van der Waals surface area contributed by atoms with Crippen molar-refractivity contribution in [3.63, 3.8) is 0 Å². The molecular formula is C20H21NO2. The molecule has 2 aliphatic rings. The molecule has 0 radical (unpaired) electrons. The highest BCUT2D eigenvalue weighted by atomic mass is 16.5. The number of carbonyl (C=O) groups is 1. The summed E-state index contributed by atoms with van der Waals surface area (Å²) in [4.78, 5) is 14.9. The molecule has 2 unspecified atom stereocenters. The zero-order valence-corrected chi connectivity index (χ0v) is 13.4. The predicted octanol–water partition coefficient (Wildman–Crippen LogP) is 3.52. The summed E-state index contributed by atoms with van der Waals surface area (Å²) in [6.07, 6.45) is 1.58. The second-order valence-corrected chi connectivity index (χ2v) is 6.52. The number of benzene rings is 2. The van der Waals surface area contributed by atoms with Gasteiger partial charge in [-0.2, -0.15) is 0 Å². The SMILES string of the molecule is Cc1ccc2c(c1)C1OCC(CC(=O)c3ccccc3)N1CC2. The van der Waals surface area contributed by atoms with E-state index in [2.05, 4.69) is 30.0 Å². The zero-order chi connectivity index (χ0) is 15.8. The first-order chi connectivity index (χ1) is 11.2. The third-order valence-electron chi connectivity index (χ3n) is 4.94. The smallest absolute Gasteiger partial charge is 0.164 e. The van der Waals surface area contributed by atoms with E-state index in [4.69, 9.17) is 4.74 Å². The average Bonchev–Trinajstić information content (AvgIpc) is 2.99. The first-order valence-electron chi connectivity index (χ1n) is 8.27. The Kier molecular flexibility index (Phi) is 3.76. The number of Topliss-reactive ketones (excluding diaryl/α,β-unsaturated/α-hetero) is 1. The first kappa shape index (κ1) is 14.6. The lowest BCUT2D eigenvalue weighted by atomic mass is 9.95. The number of aryl methyl sites for hydroxylation is 1. The molecule has 0 amide bonds. The van der Waals surface area contributed by atoms with E-state index in [9.17, 15) is 4.79 Å². The highest BCUT2D eigenvalue weighted by molar-refractivity contribution is 5.96. The number of hydrogen-bond acceptors (Lipinski definition) is 3. The second kappa shape index (κ2) is 5.91. The van der Waals surface area contributed by atoms with Crippen LogP contribution < -0.4 is 0 Å². The summed E-state index contributed by atoms with van der Waals surface area (Å²) >= 11 is 0. The number of rotatable bonds is 3. The Morgan fingerprint density at radius 1 is 1.22 bits per heavy atom. The lowest BCUT2D eigenvalue weighted by Gasteiger charge is -2.33. The Hall–Kier alpha value is -1.97. The predicted molar refractivity (Wildman–Crippen MR) is 89.5 cm³/mol.